The standard InChI is InChI=1S/C23H16Cl2N4O/c24-18-12-11-17(20(25)13-18)15-26-27-23(30)21-14-22(16-7-3-1-4-8-16)29(28-21)19-9-5-2-6-10-19/h1-15H,(H,27,30)/b26-15-. The monoisotopic (exact) mass is 434 g/mol. The highest BCUT2D eigenvalue weighted by Gasteiger charge is 2.16. The third-order valence-corrected chi connectivity index (χ3v) is 4.91. The molecule has 0 aliphatic rings. The summed E-state index contributed by atoms with van der Waals surface area (Å²) in [6.07, 6.45) is 1.46. The molecule has 0 spiro atoms. The summed E-state index contributed by atoms with van der Waals surface area (Å²) in [5.74, 6) is -0.428. The molecule has 1 heterocycles. The van der Waals surface area contributed by atoms with E-state index in [2.05, 4.69) is 15.6 Å². The van der Waals surface area contributed by atoms with Gasteiger partial charge in [0.1, 0.15) is 0 Å². The highest BCUT2D eigenvalue weighted by molar-refractivity contribution is 6.36. The molecule has 4 aromatic rings. The van der Waals surface area contributed by atoms with Crippen molar-refractivity contribution in [2.75, 3.05) is 0 Å². The van der Waals surface area contributed by atoms with E-state index in [1.807, 2.05) is 60.7 Å². The van der Waals surface area contributed by atoms with E-state index < -0.39 is 5.91 Å². The van der Waals surface area contributed by atoms with Crippen molar-refractivity contribution in [3.05, 3.63) is 106 Å². The van der Waals surface area contributed by atoms with Crippen LogP contribution in [0.25, 0.3) is 16.9 Å². The number of hydrazone groups is 1. The van der Waals surface area contributed by atoms with Crippen LogP contribution in [-0.2, 0) is 0 Å². The van der Waals surface area contributed by atoms with E-state index >= 15 is 0 Å². The largest absolute Gasteiger partial charge is 0.291 e. The molecule has 0 saturated heterocycles. The third-order valence-electron chi connectivity index (χ3n) is 4.34. The van der Waals surface area contributed by atoms with Gasteiger partial charge in [-0.3, -0.25) is 4.79 Å². The van der Waals surface area contributed by atoms with Gasteiger partial charge in [0.15, 0.2) is 5.69 Å². The lowest BCUT2D eigenvalue weighted by atomic mass is 10.1. The van der Waals surface area contributed by atoms with Gasteiger partial charge in [0.05, 0.1) is 22.6 Å². The Bertz CT molecular complexity index is 1150. The maximum Gasteiger partial charge on any atom is 0.291 e. The number of nitrogens with one attached hydrogen (secondary N) is 1. The Kier molecular flexibility index (Phi) is 5.93. The van der Waals surface area contributed by atoms with Crippen molar-refractivity contribution < 1.29 is 4.79 Å². The fourth-order valence-corrected chi connectivity index (χ4v) is 3.35. The smallest absolute Gasteiger partial charge is 0.265 e. The summed E-state index contributed by atoms with van der Waals surface area (Å²) in [5.41, 5.74) is 5.99. The minimum atomic E-state index is -0.428. The van der Waals surface area contributed by atoms with Crippen LogP contribution >= 0.6 is 23.2 Å². The number of para-hydroxylation sites is 1. The van der Waals surface area contributed by atoms with Crippen LogP contribution in [0.1, 0.15) is 16.1 Å². The Hall–Kier alpha value is -3.41. The number of nitrogens with zero attached hydrogens (tertiary/aromatic N) is 3. The summed E-state index contributed by atoms with van der Waals surface area (Å²) >= 11 is 12.0. The van der Waals surface area contributed by atoms with E-state index in [4.69, 9.17) is 23.2 Å². The number of benzene rings is 3. The average molecular weight is 435 g/mol. The van der Waals surface area contributed by atoms with Crippen LogP contribution in [0.15, 0.2) is 90.0 Å². The maximum absolute atomic E-state index is 12.6. The topological polar surface area (TPSA) is 59.3 Å². The number of rotatable bonds is 5. The number of carbonyl (C=O) groups is 1. The minimum absolute atomic E-state index is 0.247. The van der Waals surface area contributed by atoms with Gasteiger partial charge in [0, 0.05) is 16.1 Å². The molecule has 1 aromatic heterocycles. The molecule has 4 rings (SSSR count). The maximum atomic E-state index is 12.6. The highest BCUT2D eigenvalue weighted by atomic mass is 35.5. The molecule has 1 N–H and O–H groups in total. The van der Waals surface area contributed by atoms with Crippen molar-refractivity contribution in [1.82, 2.24) is 15.2 Å². The quantitative estimate of drug-likeness (QED) is 0.327. The van der Waals surface area contributed by atoms with E-state index in [1.54, 1.807) is 28.9 Å². The van der Waals surface area contributed by atoms with Crippen LogP contribution in [0.5, 0.6) is 0 Å². The predicted molar refractivity (Wildman–Crippen MR) is 121 cm³/mol. The molecule has 3 aromatic carbocycles. The van der Waals surface area contributed by atoms with Crippen LogP contribution in [0.3, 0.4) is 0 Å². The minimum Gasteiger partial charge on any atom is -0.265 e. The summed E-state index contributed by atoms with van der Waals surface area (Å²) in [6, 6.07) is 26.2. The summed E-state index contributed by atoms with van der Waals surface area (Å²) in [6.45, 7) is 0. The molecule has 0 aliphatic heterocycles. The fraction of sp³-hybridized carbons (Fsp3) is 0. The van der Waals surface area contributed by atoms with Gasteiger partial charge in [0.25, 0.3) is 5.91 Å². The first-order valence-electron chi connectivity index (χ1n) is 9.11. The lowest BCUT2D eigenvalue weighted by molar-refractivity contribution is 0.0949. The number of aromatic nitrogens is 2. The molecular weight excluding hydrogens is 419 g/mol. The average Bonchev–Trinajstić information content (AvgIpc) is 3.22. The summed E-state index contributed by atoms with van der Waals surface area (Å²) < 4.78 is 1.74. The van der Waals surface area contributed by atoms with E-state index in [-0.39, 0.29) is 5.69 Å². The van der Waals surface area contributed by atoms with Gasteiger partial charge in [-0.05, 0) is 30.3 Å². The van der Waals surface area contributed by atoms with Gasteiger partial charge in [-0.2, -0.15) is 10.2 Å². The first-order valence-corrected chi connectivity index (χ1v) is 9.87. The zero-order valence-corrected chi connectivity index (χ0v) is 17.2. The number of amides is 1. The Morgan fingerprint density at radius 2 is 1.63 bits per heavy atom. The Balaban J connectivity index is 1.61. The van der Waals surface area contributed by atoms with Crippen molar-refractivity contribution in [1.29, 1.82) is 0 Å². The van der Waals surface area contributed by atoms with Crippen LogP contribution in [0, 0.1) is 0 Å². The predicted octanol–water partition coefficient (Wildman–Crippen LogP) is 5.61. The number of carbonyl (C=O) groups excluding carboxylic acids is 1. The molecule has 0 aliphatic carbocycles. The van der Waals surface area contributed by atoms with E-state index in [9.17, 15) is 4.79 Å². The van der Waals surface area contributed by atoms with Crippen molar-refractivity contribution in [3.8, 4) is 16.9 Å². The lowest BCUT2D eigenvalue weighted by Gasteiger charge is -2.07. The van der Waals surface area contributed by atoms with Gasteiger partial charge >= 0.3 is 0 Å². The van der Waals surface area contributed by atoms with Crippen molar-refractivity contribution in [2.24, 2.45) is 5.10 Å². The van der Waals surface area contributed by atoms with Crippen LogP contribution in [0.4, 0.5) is 0 Å². The van der Waals surface area contributed by atoms with Gasteiger partial charge in [-0.1, -0.05) is 77.8 Å². The highest BCUT2D eigenvalue weighted by Crippen LogP contribution is 2.24. The van der Waals surface area contributed by atoms with Crippen molar-refractivity contribution in [3.63, 3.8) is 0 Å². The van der Waals surface area contributed by atoms with Crippen LogP contribution in [-0.4, -0.2) is 21.9 Å². The first-order chi connectivity index (χ1) is 14.6. The molecule has 0 atom stereocenters. The van der Waals surface area contributed by atoms with E-state index in [0.717, 1.165) is 16.9 Å². The van der Waals surface area contributed by atoms with E-state index in [0.29, 0.717) is 15.6 Å². The van der Waals surface area contributed by atoms with Crippen LogP contribution < -0.4 is 5.43 Å². The summed E-state index contributed by atoms with van der Waals surface area (Å²) in [4.78, 5) is 12.6. The zero-order chi connectivity index (χ0) is 20.9. The number of hydrogen-bond donors (Lipinski definition) is 1. The Morgan fingerprint density at radius 1 is 0.933 bits per heavy atom. The molecule has 1 amide bonds. The van der Waals surface area contributed by atoms with Crippen molar-refractivity contribution in [2.45, 2.75) is 0 Å². The molecule has 0 bridgehead atoms. The zero-order valence-electron chi connectivity index (χ0n) is 15.7. The molecule has 0 unspecified atom stereocenters. The Labute approximate surface area is 183 Å². The van der Waals surface area contributed by atoms with Crippen LogP contribution in [0.2, 0.25) is 10.0 Å². The fourth-order valence-electron chi connectivity index (χ4n) is 2.90. The third kappa shape index (κ3) is 4.43. The molecule has 30 heavy (non-hydrogen) atoms. The molecule has 148 valence electrons. The second-order valence-electron chi connectivity index (χ2n) is 6.39. The van der Waals surface area contributed by atoms with Crippen molar-refractivity contribution >= 4 is 35.3 Å². The second kappa shape index (κ2) is 8.95. The normalized spacial score (nSPS) is 11.0. The second-order valence-corrected chi connectivity index (χ2v) is 7.24. The number of halogens is 2. The molecule has 5 nitrogen and oxygen atoms in total. The van der Waals surface area contributed by atoms with Gasteiger partial charge in [0.2, 0.25) is 0 Å². The first kappa shape index (κ1) is 19.9. The summed E-state index contributed by atoms with van der Waals surface area (Å²) in [5, 5.41) is 9.46. The Morgan fingerprint density at radius 3 is 2.33 bits per heavy atom. The van der Waals surface area contributed by atoms with E-state index in [1.165, 1.54) is 6.21 Å². The molecule has 0 saturated carbocycles. The van der Waals surface area contributed by atoms with Gasteiger partial charge in [-0.25, -0.2) is 10.1 Å². The SMILES string of the molecule is O=C(N/N=C\c1ccc(Cl)cc1Cl)c1cc(-c2ccccc2)n(-c2ccccc2)n1. The lowest BCUT2D eigenvalue weighted by Crippen LogP contribution is -2.18. The number of hydrogen-bond acceptors (Lipinski definition) is 3. The molecule has 7 heteroatoms. The molecule has 0 radical (unpaired) electrons. The van der Waals surface area contributed by atoms with Gasteiger partial charge in [-0.15, -0.1) is 0 Å². The van der Waals surface area contributed by atoms with Gasteiger partial charge < -0.3 is 0 Å². The molecular formula is C23H16Cl2N4O. The summed E-state index contributed by atoms with van der Waals surface area (Å²) in [7, 11) is 0. The molecule has 0 fully saturated rings.